The maximum atomic E-state index is 13.6. The number of nitrogens with zero attached hydrogens (tertiary/aromatic N) is 1. The third-order valence-corrected chi connectivity index (χ3v) is 8.24. The molecule has 0 bridgehead atoms. The zero-order valence-electron chi connectivity index (χ0n) is 20.1. The molecule has 0 N–H and O–H groups in total. The van der Waals surface area contributed by atoms with Gasteiger partial charge in [-0.05, 0) is 47.1 Å². The summed E-state index contributed by atoms with van der Waals surface area (Å²) in [6, 6.07) is 14.1. The molecule has 0 unspecified atom stereocenters. The van der Waals surface area contributed by atoms with Crippen LogP contribution in [0.2, 0.25) is 0 Å². The normalized spacial score (nSPS) is 17.7. The van der Waals surface area contributed by atoms with E-state index >= 15 is 0 Å². The van der Waals surface area contributed by atoms with Crippen molar-refractivity contribution in [3.8, 4) is 0 Å². The molecule has 1 aromatic heterocycles. The van der Waals surface area contributed by atoms with Crippen LogP contribution < -0.4 is 5.43 Å². The van der Waals surface area contributed by atoms with Gasteiger partial charge in [-0.3, -0.25) is 9.59 Å². The maximum Gasteiger partial charge on any atom is 0.290 e. The van der Waals surface area contributed by atoms with Gasteiger partial charge in [-0.2, -0.15) is 0 Å². The minimum Gasteiger partial charge on any atom is -0.451 e. The molecule has 3 aromatic rings. The molecule has 1 fully saturated rings. The van der Waals surface area contributed by atoms with Crippen LogP contribution in [0.3, 0.4) is 0 Å². The molecule has 1 atom stereocenters. The highest BCUT2D eigenvalue weighted by molar-refractivity contribution is 7.91. The van der Waals surface area contributed by atoms with Crippen LogP contribution in [0.25, 0.3) is 11.0 Å². The zero-order valence-corrected chi connectivity index (χ0v) is 20.9. The Hall–Kier alpha value is -2.93. The standard InChI is InChI=1S/C27H31NO5S/c1-5-18-8-11-24-22(14-18)23(29)15-25(33-24)26(30)28(21-12-13-34(31,32)17-21)16-19-6-9-20(10-7-19)27(2,3)4/h6-11,14-15,21H,5,12-13,16-17H2,1-4H3/t21-/m0/s1. The lowest BCUT2D eigenvalue weighted by Crippen LogP contribution is -2.41. The van der Waals surface area contributed by atoms with Crippen LogP contribution in [0.1, 0.15) is 61.4 Å². The first kappa shape index (κ1) is 24.2. The van der Waals surface area contributed by atoms with Crippen LogP contribution >= 0.6 is 0 Å². The molecule has 2 aromatic carbocycles. The lowest BCUT2D eigenvalue weighted by molar-refractivity contribution is 0.0648. The van der Waals surface area contributed by atoms with Crippen molar-refractivity contribution in [3.05, 3.63) is 81.2 Å². The predicted octanol–water partition coefficient (Wildman–Crippen LogP) is 4.48. The number of aryl methyl sites for hydroxylation is 1. The molecule has 4 rings (SSSR count). The van der Waals surface area contributed by atoms with Gasteiger partial charge in [-0.25, -0.2) is 8.42 Å². The number of sulfone groups is 1. The minimum atomic E-state index is -3.21. The van der Waals surface area contributed by atoms with Crippen molar-refractivity contribution in [2.24, 2.45) is 0 Å². The highest BCUT2D eigenvalue weighted by Crippen LogP contribution is 2.26. The zero-order chi connectivity index (χ0) is 24.7. The second-order valence-corrected chi connectivity index (χ2v) is 12.3. The first-order valence-electron chi connectivity index (χ1n) is 11.6. The lowest BCUT2D eigenvalue weighted by Gasteiger charge is -2.28. The second-order valence-electron chi connectivity index (χ2n) is 10.1. The molecule has 1 amide bonds. The van der Waals surface area contributed by atoms with E-state index in [4.69, 9.17) is 4.42 Å². The summed E-state index contributed by atoms with van der Waals surface area (Å²) in [5.41, 5.74) is 3.14. The fourth-order valence-electron chi connectivity index (χ4n) is 4.37. The van der Waals surface area contributed by atoms with Crippen LogP contribution in [0.4, 0.5) is 0 Å². The molecular weight excluding hydrogens is 450 g/mol. The van der Waals surface area contributed by atoms with E-state index in [9.17, 15) is 18.0 Å². The molecule has 1 aliphatic heterocycles. The van der Waals surface area contributed by atoms with Crippen LogP contribution in [0, 0.1) is 0 Å². The molecule has 0 radical (unpaired) electrons. The largest absolute Gasteiger partial charge is 0.451 e. The minimum absolute atomic E-state index is 0.000287. The van der Waals surface area contributed by atoms with Gasteiger partial charge in [0.25, 0.3) is 5.91 Å². The van der Waals surface area contributed by atoms with E-state index in [1.165, 1.54) is 11.6 Å². The third-order valence-electron chi connectivity index (χ3n) is 6.49. The van der Waals surface area contributed by atoms with Crippen molar-refractivity contribution in [2.75, 3.05) is 11.5 Å². The molecule has 180 valence electrons. The molecule has 1 aliphatic rings. The maximum absolute atomic E-state index is 13.6. The summed E-state index contributed by atoms with van der Waals surface area (Å²) in [6.07, 6.45) is 1.15. The second kappa shape index (κ2) is 9.02. The molecule has 0 aliphatic carbocycles. The first-order chi connectivity index (χ1) is 16.0. The van der Waals surface area contributed by atoms with E-state index in [0.717, 1.165) is 17.5 Å². The smallest absolute Gasteiger partial charge is 0.290 e. The first-order valence-corrected chi connectivity index (χ1v) is 13.5. The van der Waals surface area contributed by atoms with E-state index in [2.05, 4.69) is 20.8 Å². The van der Waals surface area contributed by atoms with Crippen LogP contribution in [0.5, 0.6) is 0 Å². The number of amides is 1. The summed E-state index contributed by atoms with van der Waals surface area (Å²) < 4.78 is 30.2. The average molecular weight is 482 g/mol. The number of carbonyl (C=O) groups excluding carboxylic acids is 1. The Morgan fingerprint density at radius 2 is 1.74 bits per heavy atom. The molecule has 2 heterocycles. The number of benzene rings is 2. The SMILES string of the molecule is CCc1ccc2oc(C(=O)N(Cc3ccc(C(C)(C)C)cc3)[C@H]3CCS(=O)(=O)C3)cc(=O)c2c1. The van der Waals surface area contributed by atoms with Crippen molar-refractivity contribution in [1.29, 1.82) is 0 Å². The Morgan fingerprint density at radius 1 is 1.06 bits per heavy atom. The molecule has 1 saturated heterocycles. The van der Waals surface area contributed by atoms with Gasteiger partial charge in [0.2, 0.25) is 0 Å². The highest BCUT2D eigenvalue weighted by atomic mass is 32.2. The fraction of sp³-hybridized carbons (Fsp3) is 0.407. The Bertz CT molecular complexity index is 1380. The number of hydrogen-bond acceptors (Lipinski definition) is 5. The summed E-state index contributed by atoms with van der Waals surface area (Å²) in [5, 5.41) is 0.434. The Labute approximate surface area is 200 Å². The van der Waals surface area contributed by atoms with Crippen LogP contribution in [-0.2, 0) is 28.2 Å². The van der Waals surface area contributed by atoms with Crippen LogP contribution in [-0.4, -0.2) is 36.8 Å². The van der Waals surface area contributed by atoms with E-state index < -0.39 is 21.8 Å². The van der Waals surface area contributed by atoms with Gasteiger partial charge in [0.15, 0.2) is 21.0 Å². The summed E-state index contributed by atoms with van der Waals surface area (Å²) in [5.74, 6) is -0.583. The summed E-state index contributed by atoms with van der Waals surface area (Å²) in [4.78, 5) is 27.9. The monoisotopic (exact) mass is 481 g/mol. The number of fused-ring (bicyclic) bond motifs is 1. The van der Waals surface area contributed by atoms with Crippen molar-refractivity contribution < 1.29 is 17.6 Å². The van der Waals surface area contributed by atoms with Gasteiger partial charge in [-0.15, -0.1) is 0 Å². The molecule has 34 heavy (non-hydrogen) atoms. The summed E-state index contributed by atoms with van der Waals surface area (Å²) >= 11 is 0. The van der Waals surface area contributed by atoms with E-state index in [0.29, 0.717) is 17.4 Å². The molecule has 7 heteroatoms. The van der Waals surface area contributed by atoms with E-state index in [1.54, 1.807) is 17.0 Å². The van der Waals surface area contributed by atoms with Gasteiger partial charge in [0.1, 0.15) is 5.58 Å². The quantitative estimate of drug-likeness (QED) is 0.536. The summed E-state index contributed by atoms with van der Waals surface area (Å²) in [6.45, 7) is 8.63. The number of rotatable bonds is 5. The van der Waals surface area contributed by atoms with Gasteiger partial charge < -0.3 is 9.32 Å². The van der Waals surface area contributed by atoms with E-state index in [-0.39, 0.29) is 34.7 Å². The Balaban J connectivity index is 1.70. The Morgan fingerprint density at radius 3 is 2.32 bits per heavy atom. The predicted molar refractivity (Wildman–Crippen MR) is 134 cm³/mol. The average Bonchev–Trinajstić information content (AvgIpc) is 3.15. The fourth-order valence-corrected chi connectivity index (χ4v) is 6.10. The van der Waals surface area contributed by atoms with Gasteiger partial charge in [-0.1, -0.05) is 58.0 Å². The topological polar surface area (TPSA) is 84.7 Å². The highest BCUT2D eigenvalue weighted by Gasteiger charge is 2.36. The summed E-state index contributed by atoms with van der Waals surface area (Å²) in [7, 11) is -3.21. The van der Waals surface area contributed by atoms with Crippen molar-refractivity contribution >= 4 is 26.7 Å². The van der Waals surface area contributed by atoms with Gasteiger partial charge >= 0.3 is 0 Å². The lowest BCUT2D eigenvalue weighted by atomic mass is 9.86. The number of carbonyl (C=O) groups is 1. The van der Waals surface area contributed by atoms with Gasteiger partial charge in [0, 0.05) is 18.7 Å². The molecule has 0 saturated carbocycles. The number of hydrogen-bond donors (Lipinski definition) is 0. The Kier molecular flexibility index (Phi) is 6.42. The van der Waals surface area contributed by atoms with E-state index in [1.807, 2.05) is 37.3 Å². The molecule has 6 nitrogen and oxygen atoms in total. The molecule has 0 spiro atoms. The van der Waals surface area contributed by atoms with Gasteiger partial charge in [0.05, 0.1) is 16.9 Å². The van der Waals surface area contributed by atoms with Crippen molar-refractivity contribution in [3.63, 3.8) is 0 Å². The van der Waals surface area contributed by atoms with Crippen molar-refractivity contribution in [2.45, 2.75) is 58.5 Å². The molecular formula is C27H31NO5S. The third kappa shape index (κ3) is 5.09. The van der Waals surface area contributed by atoms with Crippen molar-refractivity contribution in [1.82, 2.24) is 4.90 Å². The van der Waals surface area contributed by atoms with Crippen LogP contribution in [0.15, 0.2) is 57.7 Å².